The molecule has 1 aliphatic heterocycles. The largest absolute Gasteiger partial charge is 0.494 e. The van der Waals surface area contributed by atoms with Crippen molar-refractivity contribution in [1.29, 1.82) is 0 Å². The van der Waals surface area contributed by atoms with Crippen LogP contribution in [-0.2, 0) is 24.8 Å². The minimum Gasteiger partial charge on any atom is -0.494 e. The lowest BCUT2D eigenvalue weighted by Gasteiger charge is -2.26. The fraction of sp³-hybridized carbons (Fsp3) is 0.314. The van der Waals surface area contributed by atoms with Crippen LogP contribution in [0.25, 0.3) is 33.3 Å². The lowest BCUT2D eigenvalue weighted by atomic mass is 9.98. The number of carbonyl (C=O) groups is 1. The van der Waals surface area contributed by atoms with Gasteiger partial charge in [0.1, 0.15) is 5.75 Å². The molecular formula is C35H41N9O2. The summed E-state index contributed by atoms with van der Waals surface area (Å²) in [5, 5.41) is 12.0. The van der Waals surface area contributed by atoms with Crippen molar-refractivity contribution in [3.8, 4) is 28.1 Å². The van der Waals surface area contributed by atoms with E-state index in [0.717, 1.165) is 66.2 Å². The van der Waals surface area contributed by atoms with Crippen LogP contribution in [0.15, 0.2) is 61.6 Å². The third-order valence-corrected chi connectivity index (χ3v) is 8.70. The quantitative estimate of drug-likeness (QED) is 0.184. The molecule has 0 radical (unpaired) electrons. The normalized spacial score (nSPS) is 12.4. The van der Waals surface area contributed by atoms with Gasteiger partial charge in [0.25, 0.3) is 0 Å². The number of carbonyl (C=O) groups excluding carboxylic acids is 1. The van der Waals surface area contributed by atoms with Crippen LogP contribution in [0.4, 0.5) is 23.0 Å². The van der Waals surface area contributed by atoms with Gasteiger partial charge in [0.15, 0.2) is 0 Å². The molecule has 11 heteroatoms. The summed E-state index contributed by atoms with van der Waals surface area (Å²) >= 11 is 0. The number of nitrogens with zero attached hydrogens (tertiary/aromatic N) is 7. The molecule has 0 atom stereocenters. The maximum absolute atomic E-state index is 12.5. The van der Waals surface area contributed by atoms with E-state index in [-0.39, 0.29) is 5.91 Å². The molecule has 0 saturated heterocycles. The minimum atomic E-state index is -0.304. The molecule has 0 saturated carbocycles. The molecule has 0 bridgehead atoms. The molecule has 1 aliphatic rings. The van der Waals surface area contributed by atoms with Crippen molar-refractivity contribution >= 4 is 39.8 Å². The molecule has 5 aromatic rings. The number of methoxy groups -OCH3 is 1. The molecule has 4 heterocycles. The van der Waals surface area contributed by atoms with E-state index < -0.39 is 0 Å². The highest BCUT2D eigenvalue weighted by Gasteiger charge is 2.23. The van der Waals surface area contributed by atoms with Gasteiger partial charge in [0, 0.05) is 80.0 Å². The van der Waals surface area contributed by atoms with Crippen molar-refractivity contribution in [2.75, 3.05) is 56.9 Å². The summed E-state index contributed by atoms with van der Waals surface area (Å²) in [5.74, 6) is 0.689. The van der Waals surface area contributed by atoms with Gasteiger partial charge < -0.3 is 29.7 Å². The Morgan fingerprint density at radius 1 is 1.11 bits per heavy atom. The Kier molecular flexibility index (Phi) is 8.50. The van der Waals surface area contributed by atoms with Crippen LogP contribution in [0.3, 0.4) is 0 Å². The van der Waals surface area contributed by atoms with Crippen molar-refractivity contribution in [2.24, 2.45) is 7.05 Å². The maximum atomic E-state index is 12.5. The minimum absolute atomic E-state index is 0.304. The van der Waals surface area contributed by atoms with Crippen LogP contribution in [0, 0.1) is 6.92 Å². The molecule has 0 spiro atoms. The third-order valence-electron chi connectivity index (χ3n) is 8.70. The molecule has 0 unspecified atom stereocenters. The first-order chi connectivity index (χ1) is 22.2. The van der Waals surface area contributed by atoms with Gasteiger partial charge in [-0.15, -0.1) is 0 Å². The van der Waals surface area contributed by atoms with Crippen LogP contribution in [-0.4, -0.2) is 76.5 Å². The SMILES string of the molecule is C=CC(=O)Nc1cc(Nc2ncc(-c3cnn(C)c3C)c(-c3cn4c5c(cccc35)CCC4)n2)c(OC)cc1N(C)CCN(C)C. The Morgan fingerprint density at radius 3 is 2.65 bits per heavy atom. The third kappa shape index (κ3) is 5.81. The molecule has 2 aromatic carbocycles. The summed E-state index contributed by atoms with van der Waals surface area (Å²) in [7, 11) is 9.61. The summed E-state index contributed by atoms with van der Waals surface area (Å²) in [4.78, 5) is 26.6. The highest BCUT2D eigenvalue weighted by Crippen LogP contribution is 2.41. The Balaban J connectivity index is 1.47. The Bertz CT molecular complexity index is 1940. The molecule has 0 fully saturated rings. The summed E-state index contributed by atoms with van der Waals surface area (Å²) in [6, 6.07) is 10.3. The first-order valence-electron chi connectivity index (χ1n) is 15.4. The smallest absolute Gasteiger partial charge is 0.247 e. The Labute approximate surface area is 269 Å². The van der Waals surface area contributed by atoms with Gasteiger partial charge in [-0.1, -0.05) is 24.8 Å². The monoisotopic (exact) mass is 619 g/mol. The number of para-hydroxylation sites is 1. The fourth-order valence-electron chi connectivity index (χ4n) is 6.08. The van der Waals surface area contributed by atoms with E-state index >= 15 is 0 Å². The van der Waals surface area contributed by atoms with E-state index in [4.69, 9.17) is 14.7 Å². The summed E-state index contributed by atoms with van der Waals surface area (Å²) in [6.07, 6.45) is 9.38. The average molecular weight is 620 g/mol. The number of hydrogen-bond acceptors (Lipinski definition) is 8. The molecule has 1 amide bonds. The molecular weight excluding hydrogens is 578 g/mol. The number of hydrogen-bond donors (Lipinski definition) is 2. The van der Waals surface area contributed by atoms with Crippen molar-refractivity contribution in [3.05, 3.63) is 72.8 Å². The molecule has 11 nitrogen and oxygen atoms in total. The second kappa shape index (κ2) is 12.7. The standard InChI is InChI=1S/C35H41N9O2/c1-8-32(45)38-28-17-29(31(46-7)18-30(28)42(5)16-15-41(3)4)39-35-36-19-26(25-20-37-43(6)22(25)2)33(40-35)27-21-44-14-10-12-23-11-9-13-24(27)34(23)44/h8-9,11,13,17-21H,1,10,12,14-16H2,2-7H3,(H,38,45)(H,36,39,40). The van der Waals surface area contributed by atoms with Gasteiger partial charge in [0.2, 0.25) is 11.9 Å². The Hall–Kier alpha value is -5.16. The van der Waals surface area contributed by atoms with Crippen LogP contribution in [0.2, 0.25) is 0 Å². The second-order valence-corrected chi connectivity index (χ2v) is 12.0. The zero-order valence-corrected chi connectivity index (χ0v) is 27.4. The topological polar surface area (TPSA) is 105 Å². The maximum Gasteiger partial charge on any atom is 0.247 e. The van der Waals surface area contributed by atoms with Crippen LogP contribution >= 0.6 is 0 Å². The highest BCUT2D eigenvalue weighted by atomic mass is 16.5. The van der Waals surface area contributed by atoms with Crippen molar-refractivity contribution in [1.82, 2.24) is 29.2 Å². The van der Waals surface area contributed by atoms with E-state index in [1.807, 2.05) is 57.4 Å². The first kappa shape index (κ1) is 30.8. The fourth-order valence-corrected chi connectivity index (χ4v) is 6.08. The first-order valence-corrected chi connectivity index (χ1v) is 15.4. The van der Waals surface area contributed by atoms with Gasteiger partial charge in [0.05, 0.1) is 41.6 Å². The van der Waals surface area contributed by atoms with Crippen molar-refractivity contribution in [2.45, 2.75) is 26.3 Å². The summed E-state index contributed by atoms with van der Waals surface area (Å²) in [6.45, 7) is 8.24. The van der Waals surface area contributed by atoms with Crippen molar-refractivity contribution < 1.29 is 9.53 Å². The number of anilines is 4. The van der Waals surface area contributed by atoms with Crippen LogP contribution in [0.5, 0.6) is 5.75 Å². The van der Waals surface area contributed by atoms with Gasteiger partial charge in [-0.05, 0) is 51.6 Å². The van der Waals surface area contributed by atoms with Gasteiger partial charge >= 0.3 is 0 Å². The molecule has 238 valence electrons. The number of nitrogens with one attached hydrogen (secondary N) is 2. The predicted octanol–water partition coefficient (Wildman–Crippen LogP) is 5.63. The lowest BCUT2D eigenvalue weighted by molar-refractivity contribution is -0.111. The van der Waals surface area contributed by atoms with Crippen LogP contribution in [0.1, 0.15) is 17.7 Å². The Morgan fingerprint density at radius 2 is 1.93 bits per heavy atom. The highest BCUT2D eigenvalue weighted by molar-refractivity contribution is 6.03. The van der Waals surface area contributed by atoms with Gasteiger partial charge in [-0.25, -0.2) is 9.97 Å². The number of rotatable bonds is 11. The number of ether oxygens (including phenoxy) is 1. The van der Waals surface area contributed by atoms with E-state index in [0.29, 0.717) is 23.1 Å². The predicted molar refractivity (Wildman–Crippen MR) is 185 cm³/mol. The van der Waals surface area contributed by atoms with E-state index in [2.05, 4.69) is 68.0 Å². The molecule has 3 aromatic heterocycles. The zero-order chi connectivity index (χ0) is 32.5. The second-order valence-electron chi connectivity index (χ2n) is 12.0. The molecule has 46 heavy (non-hydrogen) atoms. The number of likely N-dealkylation sites (N-methyl/N-ethyl adjacent to an activating group) is 2. The van der Waals surface area contributed by atoms with E-state index in [1.165, 1.54) is 22.5 Å². The number of aryl methyl sites for hydroxylation is 3. The molecule has 6 rings (SSSR count). The van der Waals surface area contributed by atoms with Crippen LogP contribution < -0.4 is 20.3 Å². The number of aromatic nitrogens is 5. The summed E-state index contributed by atoms with van der Waals surface area (Å²) in [5.41, 5.74) is 9.45. The van der Waals surface area contributed by atoms with E-state index in [1.54, 1.807) is 7.11 Å². The lowest BCUT2D eigenvalue weighted by Crippen LogP contribution is -2.29. The zero-order valence-electron chi connectivity index (χ0n) is 27.4. The van der Waals surface area contributed by atoms with E-state index in [9.17, 15) is 4.79 Å². The van der Waals surface area contributed by atoms with Gasteiger partial charge in [-0.3, -0.25) is 9.48 Å². The summed E-state index contributed by atoms with van der Waals surface area (Å²) < 4.78 is 10.1. The number of amides is 1. The molecule has 2 N–H and O–H groups in total. The average Bonchev–Trinajstić information content (AvgIpc) is 3.60. The molecule has 0 aliphatic carbocycles. The van der Waals surface area contributed by atoms with Crippen molar-refractivity contribution in [3.63, 3.8) is 0 Å². The van der Waals surface area contributed by atoms with Gasteiger partial charge in [-0.2, -0.15) is 5.10 Å². The number of benzene rings is 2.